The molecule has 1 unspecified atom stereocenters. The molecule has 0 aromatic carbocycles. The second-order valence-electron chi connectivity index (χ2n) is 10.8. The molecular weight excluding hydrogens is 460 g/mol. The molecule has 2 fully saturated rings. The molecule has 0 saturated carbocycles. The molecule has 8 nitrogen and oxygen atoms in total. The molecule has 36 heavy (non-hydrogen) atoms. The highest BCUT2D eigenvalue weighted by atomic mass is 16.6. The van der Waals surface area contributed by atoms with Gasteiger partial charge in [0.25, 0.3) is 0 Å². The van der Waals surface area contributed by atoms with E-state index in [0.29, 0.717) is 25.9 Å². The Labute approximate surface area is 214 Å². The van der Waals surface area contributed by atoms with Crippen LogP contribution in [0.1, 0.15) is 66.2 Å². The van der Waals surface area contributed by atoms with Gasteiger partial charge in [-0.25, -0.2) is 0 Å². The van der Waals surface area contributed by atoms with Crippen molar-refractivity contribution in [1.29, 1.82) is 0 Å². The molecule has 1 N–H and O–H groups in total. The standard InChI is InChI=1S/C28H42N2O6/c1-5-8-15-29-16-12-14-28-21(22-26(34)35-17-11-9-10-13-27(22,7-3)36-28)24(32)30(23(28)25(29)33)20(18-31)19(4)6-2/h10,12-14,19-23,31H,5-9,11,15-18H2,1-4H3/b13-10-/t19-,20-,21-,22+,23?,27-,28-/m0/s1. The third-order valence-electron chi connectivity index (χ3n) is 8.78. The monoisotopic (exact) mass is 502 g/mol. The maximum Gasteiger partial charge on any atom is 0.313 e. The van der Waals surface area contributed by atoms with E-state index >= 15 is 0 Å². The minimum absolute atomic E-state index is 0.0396. The number of amides is 2. The van der Waals surface area contributed by atoms with Crippen LogP contribution >= 0.6 is 0 Å². The first kappa shape index (κ1) is 26.9. The molecule has 0 bridgehead atoms. The quantitative estimate of drug-likeness (QED) is 0.405. The highest BCUT2D eigenvalue weighted by Crippen LogP contribution is 2.58. The van der Waals surface area contributed by atoms with Crippen LogP contribution in [0.15, 0.2) is 24.3 Å². The average molecular weight is 503 g/mol. The van der Waals surface area contributed by atoms with E-state index in [2.05, 4.69) is 6.92 Å². The van der Waals surface area contributed by atoms with E-state index in [9.17, 15) is 19.5 Å². The molecule has 0 aromatic rings. The van der Waals surface area contributed by atoms with Gasteiger partial charge in [-0.3, -0.25) is 14.4 Å². The smallest absolute Gasteiger partial charge is 0.313 e. The first-order valence-corrected chi connectivity index (χ1v) is 13.8. The summed E-state index contributed by atoms with van der Waals surface area (Å²) < 4.78 is 12.6. The van der Waals surface area contributed by atoms with Gasteiger partial charge in [-0.1, -0.05) is 64.8 Å². The number of esters is 1. The lowest BCUT2D eigenvalue weighted by molar-refractivity contribution is -0.163. The van der Waals surface area contributed by atoms with Gasteiger partial charge in [-0.2, -0.15) is 0 Å². The van der Waals surface area contributed by atoms with Gasteiger partial charge in [0.1, 0.15) is 23.2 Å². The molecule has 2 amide bonds. The molecule has 0 aromatic heterocycles. The van der Waals surface area contributed by atoms with E-state index < -0.39 is 41.1 Å². The van der Waals surface area contributed by atoms with Gasteiger partial charge in [0.15, 0.2) is 0 Å². The summed E-state index contributed by atoms with van der Waals surface area (Å²) in [5.74, 6) is -2.74. The van der Waals surface area contributed by atoms with Crippen molar-refractivity contribution in [2.45, 2.75) is 89.5 Å². The highest BCUT2D eigenvalue weighted by Gasteiger charge is 2.76. The Hall–Kier alpha value is -2.19. The van der Waals surface area contributed by atoms with Gasteiger partial charge in [0, 0.05) is 13.1 Å². The lowest BCUT2D eigenvalue weighted by atomic mass is 9.73. The topological polar surface area (TPSA) is 96.4 Å². The van der Waals surface area contributed by atoms with Crippen LogP contribution < -0.4 is 0 Å². The zero-order chi connectivity index (χ0) is 26.1. The minimum atomic E-state index is -1.31. The fourth-order valence-corrected chi connectivity index (χ4v) is 6.58. The summed E-state index contributed by atoms with van der Waals surface area (Å²) in [5.41, 5.74) is -2.35. The summed E-state index contributed by atoms with van der Waals surface area (Å²) in [6, 6.07) is -1.50. The molecule has 4 heterocycles. The first-order chi connectivity index (χ1) is 17.3. The summed E-state index contributed by atoms with van der Waals surface area (Å²) in [7, 11) is 0. The van der Waals surface area contributed by atoms with Crippen LogP contribution in [0.2, 0.25) is 0 Å². The Kier molecular flexibility index (Phi) is 7.95. The maximum absolute atomic E-state index is 14.4. The number of unbranched alkanes of at least 4 members (excludes halogenated alkanes) is 1. The van der Waals surface area contributed by atoms with Gasteiger partial charge in [-0.15, -0.1) is 0 Å². The number of carbonyl (C=O) groups is 3. The third kappa shape index (κ3) is 4.10. The van der Waals surface area contributed by atoms with E-state index in [1.165, 1.54) is 0 Å². The summed E-state index contributed by atoms with van der Waals surface area (Å²) in [6.07, 6.45) is 12.2. The Morgan fingerprint density at radius 2 is 1.89 bits per heavy atom. The molecular formula is C28H42N2O6. The summed E-state index contributed by atoms with van der Waals surface area (Å²) in [4.78, 5) is 45.5. The van der Waals surface area contributed by atoms with Crippen molar-refractivity contribution in [3.63, 3.8) is 0 Å². The van der Waals surface area contributed by atoms with Crippen molar-refractivity contribution in [2.75, 3.05) is 26.3 Å². The maximum atomic E-state index is 14.4. The molecule has 2 saturated heterocycles. The molecule has 4 rings (SSSR count). The molecule has 0 radical (unpaired) electrons. The number of carbonyl (C=O) groups excluding carboxylic acids is 3. The molecule has 1 spiro atoms. The van der Waals surface area contributed by atoms with Crippen LogP contribution in [0.4, 0.5) is 0 Å². The number of rotatable bonds is 8. The van der Waals surface area contributed by atoms with Crippen molar-refractivity contribution in [3.8, 4) is 0 Å². The van der Waals surface area contributed by atoms with E-state index in [-0.39, 0.29) is 30.9 Å². The lowest BCUT2D eigenvalue weighted by Gasteiger charge is -2.42. The summed E-state index contributed by atoms with van der Waals surface area (Å²) in [5, 5.41) is 10.4. The van der Waals surface area contributed by atoms with Crippen molar-refractivity contribution in [2.24, 2.45) is 17.8 Å². The number of allylic oxidation sites excluding steroid dienone is 1. The van der Waals surface area contributed by atoms with Gasteiger partial charge in [0.05, 0.1) is 25.2 Å². The van der Waals surface area contributed by atoms with E-state index in [4.69, 9.17) is 9.47 Å². The predicted molar refractivity (Wildman–Crippen MR) is 135 cm³/mol. The highest BCUT2D eigenvalue weighted by molar-refractivity contribution is 5.99. The number of nitrogens with zero attached hydrogens (tertiary/aromatic N) is 2. The Balaban J connectivity index is 1.90. The van der Waals surface area contributed by atoms with Crippen LogP contribution in [0.5, 0.6) is 0 Å². The van der Waals surface area contributed by atoms with E-state index in [1.54, 1.807) is 9.80 Å². The number of ether oxygens (including phenoxy) is 2. The molecule has 7 atom stereocenters. The number of cyclic esters (lactones) is 1. The van der Waals surface area contributed by atoms with Crippen LogP contribution in [-0.4, -0.2) is 82.3 Å². The second kappa shape index (κ2) is 10.7. The van der Waals surface area contributed by atoms with Gasteiger partial charge in [-0.05, 0) is 31.6 Å². The predicted octanol–water partition coefficient (Wildman–Crippen LogP) is 2.85. The number of hydrogen-bond acceptors (Lipinski definition) is 6. The third-order valence-corrected chi connectivity index (χ3v) is 8.78. The Morgan fingerprint density at radius 3 is 2.56 bits per heavy atom. The Bertz CT molecular complexity index is 918. The van der Waals surface area contributed by atoms with Crippen LogP contribution in [0.3, 0.4) is 0 Å². The van der Waals surface area contributed by atoms with Crippen LogP contribution in [0, 0.1) is 17.8 Å². The van der Waals surface area contributed by atoms with Gasteiger partial charge < -0.3 is 24.4 Å². The summed E-state index contributed by atoms with van der Waals surface area (Å²) in [6.45, 7) is 9.03. The van der Waals surface area contributed by atoms with Crippen molar-refractivity contribution in [3.05, 3.63) is 24.3 Å². The fraction of sp³-hybridized carbons (Fsp3) is 0.750. The van der Waals surface area contributed by atoms with Crippen LogP contribution in [0.25, 0.3) is 0 Å². The lowest BCUT2D eigenvalue weighted by Crippen LogP contribution is -2.60. The number of fused-ring (bicyclic) bond motifs is 2. The van der Waals surface area contributed by atoms with Crippen molar-refractivity contribution < 1.29 is 29.0 Å². The average Bonchev–Trinajstić information content (AvgIpc) is 3.26. The number of aliphatic hydroxyl groups excluding tert-OH is 1. The van der Waals surface area contributed by atoms with Crippen LogP contribution in [-0.2, 0) is 23.9 Å². The molecule has 4 aliphatic rings. The SMILES string of the molecule is CCCCN1CC=C[C@]23O[C@@]4(CC)/C=C\CCCOC(=O)[C@H]4[C@H]2C(=O)N([C@@H](CO)[C@@H](C)CC)C3C1=O. The van der Waals surface area contributed by atoms with E-state index in [0.717, 1.165) is 25.7 Å². The minimum Gasteiger partial charge on any atom is -0.465 e. The molecule has 8 heteroatoms. The second-order valence-corrected chi connectivity index (χ2v) is 10.8. The number of hydrogen-bond donors (Lipinski definition) is 1. The molecule has 0 aliphatic carbocycles. The first-order valence-electron chi connectivity index (χ1n) is 13.8. The number of aliphatic hydroxyl groups is 1. The Morgan fingerprint density at radius 1 is 1.11 bits per heavy atom. The number of likely N-dealkylation sites (tertiary alicyclic amines) is 1. The normalized spacial score (nSPS) is 36.7. The van der Waals surface area contributed by atoms with Crippen molar-refractivity contribution >= 4 is 17.8 Å². The van der Waals surface area contributed by atoms with Crippen molar-refractivity contribution in [1.82, 2.24) is 9.80 Å². The van der Waals surface area contributed by atoms with E-state index in [1.807, 2.05) is 45.1 Å². The fourth-order valence-electron chi connectivity index (χ4n) is 6.58. The van der Waals surface area contributed by atoms with Gasteiger partial charge in [0.2, 0.25) is 11.8 Å². The summed E-state index contributed by atoms with van der Waals surface area (Å²) >= 11 is 0. The largest absolute Gasteiger partial charge is 0.465 e. The molecule has 4 aliphatic heterocycles. The zero-order valence-corrected chi connectivity index (χ0v) is 22.2. The zero-order valence-electron chi connectivity index (χ0n) is 22.2. The van der Waals surface area contributed by atoms with Gasteiger partial charge >= 0.3 is 5.97 Å². The molecule has 200 valence electrons.